The van der Waals surface area contributed by atoms with Crippen LogP contribution < -0.4 is 5.32 Å². The van der Waals surface area contributed by atoms with Gasteiger partial charge in [-0.25, -0.2) is 0 Å². The molecule has 3 heteroatoms. The second kappa shape index (κ2) is 5.99. The second-order valence-electron chi connectivity index (χ2n) is 5.22. The minimum atomic E-state index is 0.609. The van der Waals surface area contributed by atoms with Gasteiger partial charge in [-0.3, -0.25) is 4.90 Å². The first-order chi connectivity index (χ1) is 7.83. The van der Waals surface area contributed by atoms with Crippen LogP contribution in [0, 0.1) is 0 Å². The monoisotopic (exact) mass is 226 g/mol. The Morgan fingerprint density at radius 2 is 2.25 bits per heavy atom. The molecule has 0 amide bonds. The van der Waals surface area contributed by atoms with Gasteiger partial charge in [0, 0.05) is 24.7 Å². The first kappa shape index (κ1) is 12.3. The number of rotatable bonds is 4. The molecule has 2 fully saturated rings. The third-order valence-corrected chi connectivity index (χ3v) is 4.01. The van der Waals surface area contributed by atoms with Crippen molar-refractivity contribution in [1.29, 1.82) is 0 Å². The molecule has 3 atom stereocenters. The molecule has 1 N–H and O–H groups in total. The summed E-state index contributed by atoms with van der Waals surface area (Å²) in [6.07, 6.45) is 5.11. The van der Waals surface area contributed by atoms with Gasteiger partial charge in [0.05, 0.1) is 6.61 Å². The van der Waals surface area contributed by atoms with E-state index in [9.17, 15) is 0 Å². The van der Waals surface area contributed by atoms with Crippen LogP contribution in [0.25, 0.3) is 0 Å². The molecule has 94 valence electrons. The molecule has 3 unspecified atom stereocenters. The number of hydrogen-bond donors (Lipinski definition) is 1. The van der Waals surface area contributed by atoms with Crippen LogP contribution in [0.1, 0.15) is 39.5 Å². The van der Waals surface area contributed by atoms with E-state index in [2.05, 4.69) is 24.1 Å². The fourth-order valence-corrected chi connectivity index (χ4v) is 3.07. The van der Waals surface area contributed by atoms with Crippen molar-refractivity contribution in [2.24, 2.45) is 0 Å². The largest absolute Gasteiger partial charge is 0.380 e. The molecule has 3 nitrogen and oxygen atoms in total. The number of ether oxygens (including phenoxy) is 1. The molecule has 0 aliphatic carbocycles. The van der Waals surface area contributed by atoms with Crippen molar-refractivity contribution < 1.29 is 4.74 Å². The molecule has 2 heterocycles. The summed E-state index contributed by atoms with van der Waals surface area (Å²) in [5.41, 5.74) is 0. The first-order valence-corrected chi connectivity index (χ1v) is 6.89. The van der Waals surface area contributed by atoms with Gasteiger partial charge >= 0.3 is 0 Å². The van der Waals surface area contributed by atoms with Gasteiger partial charge in [-0.05, 0) is 45.7 Å². The summed E-state index contributed by atoms with van der Waals surface area (Å²) in [6, 6.07) is 2.00. The van der Waals surface area contributed by atoms with Crippen molar-refractivity contribution in [2.45, 2.75) is 57.7 Å². The molecule has 0 aromatic carbocycles. The van der Waals surface area contributed by atoms with Crippen molar-refractivity contribution in [3.05, 3.63) is 0 Å². The van der Waals surface area contributed by atoms with Gasteiger partial charge in [-0.2, -0.15) is 0 Å². The van der Waals surface area contributed by atoms with Gasteiger partial charge in [-0.1, -0.05) is 6.92 Å². The molecule has 2 saturated heterocycles. The summed E-state index contributed by atoms with van der Waals surface area (Å²) in [6.45, 7) is 8.85. The average molecular weight is 226 g/mol. The van der Waals surface area contributed by atoms with Gasteiger partial charge in [0.15, 0.2) is 0 Å². The summed E-state index contributed by atoms with van der Waals surface area (Å²) in [5, 5.41) is 3.70. The predicted octanol–water partition coefficient (Wildman–Crippen LogP) is 1.63. The molecule has 2 aliphatic rings. The normalized spacial score (nSPS) is 36.8. The molecule has 2 rings (SSSR count). The van der Waals surface area contributed by atoms with E-state index in [4.69, 9.17) is 4.74 Å². The van der Waals surface area contributed by atoms with E-state index in [-0.39, 0.29) is 0 Å². The second-order valence-corrected chi connectivity index (χ2v) is 5.22. The molecule has 0 spiro atoms. The summed E-state index contributed by atoms with van der Waals surface area (Å²) < 4.78 is 5.67. The fourth-order valence-electron chi connectivity index (χ4n) is 3.07. The van der Waals surface area contributed by atoms with Crippen LogP contribution in [0.5, 0.6) is 0 Å². The molecule has 0 radical (unpaired) electrons. The van der Waals surface area contributed by atoms with Crippen molar-refractivity contribution in [3.8, 4) is 0 Å². The van der Waals surface area contributed by atoms with Gasteiger partial charge in [-0.15, -0.1) is 0 Å². The van der Waals surface area contributed by atoms with Crippen LogP contribution in [0.15, 0.2) is 0 Å². The van der Waals surface area contributed by atoms with Crippen molar-refractivity contribution >= 4 is 0 Å². The highest BCUT2D eigenvalue weighted by Crippen LogP contribution is 2.24. The summed E-state index contributed by atoms with van der Waals surface area (Å²) in [7, 11) is 0. The fraction of sp³-hybridized carbons (Fsp3) is 1.00. The lowest BCUT2D eigenvalue weighted by Crippen LogP contribution is -2.56. The average Bonchev–Trinajstić information content (AvgIpc) is 2.73. The van der Waals surface area contributed by atoms with Crippen LogP contribution in [0.2, 0.25) is 0 Å². The summed E-state index contributed by atoms with van der Waals surface area (Å²) in [5.74, 6) is 0. The van der Waals surface area contributed by atoms with Crippen molar-refractivity contribution in [3.63, 3.8) is 0 Å². The maximum atomic E-state index is 5.67. The quantitative estimate of drug-likeness (QED) is 0.788. The lowest BCUT2D eigenvalue weighted by molar-refractivity contribution is -0.00563. The lowest BCUT2D eigenvalue weighted by atomic mass is 10.0. The molecular formula is C13H26N2O. The maximum Gasteiger partial charge on any atom is 0.0637 e. The highest BCUT2D eigenvalue weighted by atomic mass is 16.5. The Bertz CT molecular complexity index is 210. The SMILES string of the molecule is CCCNC1CCOCC1N1CCCC1C. The van der Waals surface area contributed by atoms with E-state index < -0.39 is 0 Å². The zero-order valence-electron chi connectivity index (χ0n) is 10.7. The van der Waals surface area contributed by atoms with Gasteiger partial charge in [0.2, 0.25) is 0 Å². The van der Waals surface area contributed by atoms with E-state index >= 15 is 0 Å². The zero-order valence-corrected chi connectivity index (χ0v) is 10.7. The highest BCUT2D eigenvalue weighted by molar-refractivity contribution is 4.91. The van der Waals surface area contributed by atoms with E-state index in [1.54, 1.807) is 0 Å². The van der Waals surface area contributed by atoms with Crippen molar-refractivity contribution in [1.82, 2.24) is 10.2 Å². The molecule has 0 aromatic rings. The third-order valence-electron chi connectivity index (χ3n) is 4.01. The van der Waals surface area contributed by atoms with Crippen LogP contribution in [0.4, 0.5) is 0 Å². The minimum absolute atomic E-state index is 0.609. The highest BCUT2D eigenvalue weighted by Gasteiger charge is 2.34. The maximum absolute atomic E-state index is 5.67. The van der Waals surface area contributed by atoms with E-state index in [1.807, 2.05) is 0 Å². The number of likely N-dealkylation sites (tertiary alicyclic amines) is 1. The Morgan fingerprint density at radius 1 is 1.38 bits per heavy atom. The summed E-state index contributed by atoms with van der Waals surface area (Å²) in [4.78, 5) is 2.66. The minimum Gasteiger partial charge on any atom is -0.380 e. The summed E-state index contributed by atoms with van der Waals surface area (Å²) >= 11 is 0. The lowest BCUT2D eigenvalue weighted by Gasteiger charge is -2.40. The van der Waals surface area contributed by atoms with Crippen LogP contribution >= 0.6 is 0 Å². The van der Waals surface area contributed by atoms with Gasteiger partial charge in [0.25, 0.3) is 0 Å². The number of nitrogens with one attached hydrogen (secondary N) is 1. The number of nitrogens with zero attached hydrogens (tertiary/aromatic N) is 1. The third kappa shape index (κ3) is 2.76. The first-order valence-electron chi connectivity index (χ1n) is 6.89. The topological polar surface area (TPSA) is 24.5 Å². The van der Waals surface area contributed by atoms with Gasteiger partial charge < -0.3 is 10.1 Å². The number of hydrogen-bond acceptors (Lipinski definition) is 3. The smallest absolute Gasteiger partial charge is 0.0637 e. The van der Waals surface area contributed by atoms with Crippen LogP contribution in [0.3, 0.4) is 0 Å². The Hall–Kier alpha value is -0.120. The Balaban J connectivity index is 1.92. The van der Waals surface area contributed by atoms with E-state index in [0.717, 1.165) is 25.8 Å². The molecule has 0 bridgehead atoms. The molecule has 0 aromatic heterocycles. The van der Waals surface area contributed by atoms with Crippen LogP contribution in [-0.4, -0.2) is 49.3 Å². The Kier molecular flexibility index (Phi) is 4.62. The van der Waals surface area contributed by atoms with E-state index in [0.29, 0.717) is 12.1 Å². The van der Waals surface area contributed by atoms with E-state index in [1.165, 1.54) is 32.2 Å². The molecule has 16 heavy (non-hydrogen) atoms. The van der Waals surface area contributed by atoms with Crippen molar-refractivity contribution in [2.75, 3.05) is 26.3 Å². The van der Waals surface area contributed by atoms with Crippen LogP contribution in [-0.2, 0) is 4.74 Å². The Morgan fingerprint density at radius 3 is 2.94 bits per heavy atom. The molecular weight excluding hydrogens is 200 g/mol. The predicted molar refractivity (Wildman–Crippen MR) is 66.7 cm³/mol. The zero-order chi connectivity index (χ0) is 11.4. The van der Waals surface area contributed by atoms with Gasteiger partial charge in [0.1, 0.15) is 0 Å². The Labute approximate surface area is 99.5 Å². The molecule has 0 saturated carbocycles. The standard InChI is InChI=1S/C13H26N2O/c1-3-7-14-12-6-9-16-10-13(12)15-8-4-5-11(15)2/h11-14H,3-10H2,1-2H3. The molecule has 2 aliphatic heterocycles.